The van der Waals surface area contributed by atoms with Gasteiger partial charge in [-0.25, -0.2) is 0 Å². The number of hydrogen-bond donors (Lipinski definition) is 2. The van der Waals surface area contributed by atoms with Crippen molar-refractivity contribution < 1.29 is 10.2 Å². The molecule has 2 nitrogen and oxygen atoms in total. The standard InChI is InChI=1S/C23H26O2/c1-15-13-14-18(17-10-7-6-9-16(15)17)21-19(22(2,3)24)11-8-12-20(21)23(4,5)25/h6-14,24-25H,1-5H3. The molecule has 2 heteroatoms. The summed E-state index contributed by atoms with van der Waals surface area (Å²) in [5.74, 6) is 0. The Hall–Kier alpha value is -2.16. The third-order valence-electron chi connectivity index (χ3n) is 4.79. The van der Waals surface area contributed by atoms with Crippen LogP contribution in [0.5, 0.6) is 0 Å². The van der Waals surface area contributed by atoms with Crippen molar-refractivity contribution in [3.63, 3.8) is 0 Å². The molecule has 0 aliphatic rings. The molecular formula is C23H26O2. The molecule has 3 aromatic rings. The zero-order valence-corrected chi connectivity index (χ0v) is 15.6. The van der Waals surface area contributed by atoms with E-state index in [0.717, 1.165) is 27.6 Å². The van der Waals surface area contributed by atoms with Gasteiger partial charge in [-0.3, -0.25) is 0 Å². The number of fused-ring (bicyclic) bond motifs is 1. The summed E-state index contributed by atoms with van der Waals surface area (Å²) < 4.78 is 0. The lowest BCUT2D eigenvalue weighted by Gasteiger charge is -2.29. The summed E-state index contributed by atoms with van der Waals surface area (Å²) in [6.45, 7) is 9.25. The van der Waals surface area contributed by atoms with Crippen LogP contribution in [0.2, 0.25) is 0 Å². The van der Waals surface area contributed by atoms with Crippen molar-refractivity contribution in [2.24, 2.45) is 0 Å². The summed E-state index contributed by atoms with van der Waals surface area (Å²) in [5, 5.41) is 23.8. The largest absolute Gasteiger partial charge is 0.386 e. The topological polar surface area (TPSA) is 40.5 Å². The fourth-order valence-corrected chi connectivity index (χ4v) is 3.53. The molecule has 3 rings (SSSR count). The molecule has 0 aliphatic heterocycles. The predicted octanol–water partition coefficient (Wildman–Crippen LogP) is 5.27. The molecule has 0 unspecified atom stereocenters. The lowest BCUT2D eigenvalue weighted by molar-refractivity contribution is 0.0730. The quantitative estimate of drug-likeness (QED) is 0.685. The van der Waals surface area contributed by atoms with Gasteiger partial charge in [0.15, 0.2) is 0 Å². The van der Waals surface area contributed by atoms with Crippen LogP contribution in [0.15, 0.2) is 54.6 Å². The van der Waals surface area contributed by atoms with Gasteiger partial charge in [-0.05, 0) is 73.2 Å². The van der Waals surface area contributed by atoms with Crippen LogP contribution in [0.3, 0.4) is 0 Å². The summed E-state index contributed by atoms with van der Waals surface area (Å²) in [6.07, 6.45) is 0. The smallest absolute Gasteiger partial charge is 0.0846 e. The Morgan fingerprint density at radius 3 is 1.68 bits per heavy atom. The minimum atomic E-state index is -1.01. The summed E-state index contributed by atoms with van der Waals surface area (Å²) in [6, 6.07) is 18.3. The molecule has 0 bridgehead atoms. The van der Waals surface area contributed by atoms with E-state index in [2.05, 4.69) is 31.2 Å². The Morgan fingerprint density at radius 1 is 0.640 bits per heavy atom. The highest BCUT2D eigenvalue weighted by Gasteiger charge is 2.28. The van der Waals surface area contributed by atoms with Gasteiger partial charge in [0, 0.05) is 0 Å². The molecule has 0 fully saturated rings. The van der Waals surface area contributed by atoms with Crippen molar-refractivity contribution in [2.45, 2.75) is 45.8 Å². The molecule has 2 N–H and O–H groups in total. The first kappa shape index (κ1) is 17.7. The van der Waals surface area contributed by atoms with E-state index in [4.69, 9.17) is 0 Å². The molecule has 130 valence electrons. The Labute approximate surface area is 149 Å². The number of aryl methyl sites for hydroxylation is 1. The molecule has 3 aromatic carbocycles. The van der Waals surface area contributed by atoms with Gasteiger partial charge in [0.1, 0.15) is 0 Å². The van der Waals surface area contributed by atoms with Crippen LogP contribution in [0.25, 0.3) is 21.9 Å². The average molecular weight is 334 g/mol. The SMILES string of the molecule is Cc1ccc(-c2c(C(C)(C)O)cccc2C(C)(C)O)c2ccccc12. The van der Waals surface area contributed by atoms with E-state index in [1.165, 1.54) is 10.9 Å². The van der Waals surface area contributed by atoms with Crippen molar-refractivity contribution >= 4 is 10.8 Å². The molecule has 0 aliphatic carbocycles. The highest BCUT2D eigenvalue weighted by molar-refractivity contribution is 6.00. The fourth-order valence-electron chi connectivity index (χ4n) is 3.53. The van der Waals surface area contributed by atoms with Crippen LogP contribution in [0, 0.1) is 6.92 Å². The second-order valence-electron chi connectivity index (χ2n) is 7.82. The Kier molecular flexibility index (Phi) is 4.22. The van der Waals surface area contributed by atoms with E-state index in [-0.39, 0.29) is 0 Å². The molecule has 0 atom stereocenters. The van der Waals surface area contributed by atoms with Gasteiger partial charge in [0.25, 0.3) is 0 Å². The number of aliphatic hydroxyl groups is 2. The van der Waals surface area contributed by atoms with Gasteiger partial charge in [-0.15, -0.1) is 0 Å². The van der Waals surface area contributed by atoms with Crippen LogP contribution in [0.4, 0.5) is 0 Å². The van der Waals surface area contributed by atoms with Crippen molar-refractivity contribution in [3.05, 3.63) is 71.3 Å². The summed E-state index contributed by atoms with van der Waals surface area (Å²) in [5.41, 5.74) is 2.78. The second-order valence-corrected chi connectivity index (χ2v) is 7.82. The summed E-state index contributed by atoms with van der Waals surface area (Å²) in [4.78, 5) is 0. The first-order valence-electron chi connectivity index (χ1n) is 8.68. The zero-order valence-electron chi connectivity index (χ0n) is 15.6. The molecule has 25 heavy (non-hydrogen) atoms. The van der Waals surface area contributed by atoms with Crippen LogP contribution >= 0.6 is 0 Å². The van der Waals surface area contributed by atoms with Gasteiger partial charge in [0.05, 0.1) is 11.2 Å². The number of benzene rings is 3. The van der Waals surface area contributed by atoms with Crippen LogP contribution in [-0.4, -0.2) is 10.2 Å². The summed E-state index contributed by atoms with van der Waals surface area (Å²) in [7, 11) is 0. The number of hydrogen-bond acceptors (Lipinski definition) is 2. The van der Waals surface area contributed by atoms with Crippen molar-refractivity contribution in [1.29, 1.82) is 0 Å². The van der Waals surface area contributed by atoms with Gasteiger partial charge >= 0.3 is 0 Å². The molecule has 0 saturated heterocycles. The molecule has 0 spiro atoms. The first-order valence-corrected chi connectivity index (χ1v) is 8.68. The maximum absolute atomic E-state index is 10.8. The predicted molar refractivity (Wildman–Crippen MR) is 105 cm³/mol. The lowest BCUT2D eigenvalue weighted by Crippen LogP contribution is -2.22. The zero-order chi connectivity index (χ0) is 18.4. The van der Waals surface area contributed by atoms with Crippen LogP contribution in [0.1, 0.15) is 44.4 Å². The third kappa shape index (κ3) is 3.20. The van der Waals surface area contributed by atoms with Gasteiger partial charge in [0.2, 0.25) is 0 Å². The minimum Gasteiger partial charge on any atom is -0.386 e. The van der Waals surface area contributed by atoms with E-state index in [1.54, 1.807) is 27.7 Å². The van der Waals surface area contributed by atoms with E-state index in [9.17, 15) is 10.2 Å². The average Bonchev–Trinajstić information content (AvgIpc) is 2.53. The highest BCUT2D eigenvalue weighted by atomic mass is 16.3. The highest BCUT2D eigenvalue weighted by Crippen LogP contribution is 2.42. The van der Waals surface area contributed by atoms with E-state index < -0.39 is 11.2 Å². The number of rotatable bonds is 3. The maximum atomic E-state index is 10.8. The van der Waals surface area contributed by atoms with Gasteiger partial charge in [-0.1, -0.05) is 54.6 Å². The molecule has 0 amide bonds. The van der Waals surface area contributed by atoms with Crippen molar-refractivity contribution in [3.8, 4) is 11.1 Å². The van der Waals surface area contributed by atoms with Crippen LogP contribution < -0.4 is 0 Å². The lowest BCUT2D eigenvalue weighted by atomic mass is 9.80. The normalized spacial score (nSPS) is 12.6. The molecule has 0 heterocycles. The molecule has 0 radical (unpaired) electrons. The van der Waals surface area contributed by atoms with Crippen LogP contribution in [-0.2, 0) is 11.2 Å². The van der Waals surface area contributed by atoms with Crippen molar-refractivity contribution in [1.82, 2.24) is 0 Å². The van der Waals surface area contributed by atoms with Crippen molar-refractivity contribution in [2.75, 3.05) is 0 Å². The van der Waals surface area contributed by atoms with Gasteiger partial charge < -0.3 is 10.2 Å². The second kappa shape index (κ2) is 5.98. The van der Waals surface area contributed by atoms with Gasteiger partial charge in [-0.2, -0.15) is 0 Å². The first-order chi connectivity index (χ1) is 11.6. The third-order valence-corrected chi connectivity index (χ3v) is 4.79. The Balaban J connectivity index is 2.48. The maximum Gasteiger partial charge on any atom is 0.0846 e. The Bertz CT molecular complexity index is 893. The van der Waals surface area contributed by atoms with E-state index in [1.807, 2.05) is 30.3 Å². The van der Waals surface area contributed by atoms with E-state index in [0.29, 0.717) is 0 Å². The monoisotopic (exact) mass is 334 g/mol. The molecule has 0 saturated carbocycles. The van der Waals surface area contributed by atoms with E-state index >= 15 is 0 Å². The molecule has 0 aromatic heterocycles. The fraction of sp³-hybridized carbons (Fsp3) is 0.304. The summed E-state index contributed by atoms with van der Waals surface area (Å²) >= 11 is 0. The minimum absolute atomic E-state index is 0.820. The molecular weight excluding hydrogens is 308 g/mol. The Morgan fingerprint density at radius 2 is 1.16 bits per heavy atom.